The van der Waals surface area contributed by atoms with Crippen molar-refractivity contribution in [2.75, 3.05) is 0 Å². The molecule has 0 spiro atoms. The van der Waals surface area contributed by atoms with Crippen LogP contribution in [0.2, 0.25) is 5.15 Å². The molecule has 1 heterocycles. The molecule has 0 fully saturated rings. The van der Waals surface area contributed by atoms with E-state index in [0.717, 1.165) is 6.07 Å². The molecule has 0 aliphatic heterocycles. The molecule has 0 unspecified atom stereocenters. The highest BCUT2D eigenvalue weighted by atomic mass is 35.5. The number of ether oxygens (including phenoxy) is 1. The van der Waals surface area contributed by atoms with Crippen LogP contribution in [0.25, 0.3) is 0 Å². The summed E-state index contributed by atoms with van der Waals surface area (Å²) in [6, 6.07) is 8.76. The fourth-order valence-corrected chi connectivity index (χ4v) is 1.47. The summed E-state index contributed by atoms with van der Waals surface area (Å²) in [6.45, 7) is 0. The molecule has 0 bridgehead atoms. The SMILES string of the molecule is N#Cc1ccc(Oc2cc(Cl)nc(C(F)(F)F)n2)cc1. The van der Waals surface area contributed by atoms with E-state index in [1.807, 2.05) is 6.07 Å². The fourth-order valence-electron chi connectivity index (χ4n) is 1.29. The Hall–Kier alpha value is -2.33. The Bertz CT molecular complexity index is 665. The molecule has 2 aromatic rings. The fraction of sp³-hybridized carbons (Fsp3) is 0.0833. The molecular formula is C12H5ClF3N3O. The number of nitrogens with zero attached hydrogens (tertiary/aromatic N) is 3. The molecule has 4 nitrogen and oxygen atoms in total. The van der Waals surface area contributed by atoms with E-state index in [1.54, 1.807) is 0 Å². The van der Waals surface area contributed by atoms with Gasteiger partial charge in [-0.2, -0.15) is 23.4 Å². The molecule has 0 radical (unpaired) electrons. The van der Waals surface area contributed by atoms with Crippen molar-refractivity contribution in [3.63, 3.8) is 0 Å². The second-order valence-electron chi connectivity index (χ2n) is 3.59. The third-order valence-corrected chi connectivity index (χ3v) is 2.32. The molecule has 0 atom stereocenters. The van der Waals surface area contributed by atoms with Crippen molar-refractivity contribution in [2.24, 2.45) is 0 Å². The number of aromatic nitrogens is 2. The van der Waals surface area contributed by atoms with E-state index < -0.39 is 12.0 Å². The number of benzene rings is 1. The van der Waals surface area contributed by atoms with Gasteiger partial charge in [0, 0.05) is 6.07 Å². The maximum Gasteiger partial charge on any atom is 0.451 e. The van der Waals surface area contributed by atoms with Crippen molar-refractivity contribution in [2.45, 2.75) is 6.18 Å². The van der Waals surface area contributed by atoms with Crippen molar-refractivity contribution < 1.29 is 17.9 Å². The van der Waals surface area contributed by atoms with E-state index in [9.17, 15) is 13.2 Å². The van der Waals surface area contributed by atoms with Gasteiger partial charge in [-0.25, -0.2) is 4.98 Å². The minimum atomic E-state index is -4.71. The predicted molar refractivity (Wildman–Crippen MR) is 63.3 cm³/mol. The zero-order valence-corrected chi connectivity index (χ0v) is 10.4. The zero-order chi connectivity index (χ0) is 14.8. The quantitative estimate of drug-likeness (QED) is 0.791. The molecule has 1 aromatic carbocycles. The first-order valence-electron chi connectivity index (χ1n) is 5.18. The van der Waals surface area contributed by atoms with Gasteiger partial charge >= 0.3 is 6.18 Å². The molecule has 0 aliphatic rings. The first-order chi connectivity index (χ1) is 9.38. The second-order valence-corrected chi connectivity index (χ2v) is 3.98. The number of nitriles is 1. The number of hydrogen-bond acceptors (Lipinski definition) is 4. The lowest BCUT2D eigenvalue weighted by Gasteiger charge is -2.08. The van der Waals surface area contributed by atoms with Crippen LogP contribution in [-0.2, 0) is 6.18 Å². The highest BCUT2D eigenvalue weighted by Gasteiger charge is 2.35. The molecule has 0 aliphatic carbocycles. The minimum Gasteiger partial charge on any atom is -0.439 e. The molecule has 0 amide bonds. The van der Waals surface area contributed by atoms with E-state index in [2.05, 4.69) is 9.97 Å². The standard InChI is InChI=1S/C12H5ClF3N3O/c13-9-5-10(19-11(18-9)12(14,15)16)20-8-3-1-7(6-17)2-4-8/h1-5H. The third kappa shape index (κ3) is 3.36. The van der Waals surface area contributed by atoms with Gasteiger partial charge in [0.2, 0.25) is 11.7 Å². The second kappa shape index (κ2) is 5.35. The lowest BCUT2D eigenvalue weighted by molar-refractivity contribution is -0.145. The van der Waals surface area contributed by atoms with Gasteiger partial charge in [-0.1, -0.05) is 11.6 Å². The van der Waals surface area contributed by atoms with E-state index in [4.69, 9.17) is 21.6 Å². The zero-order valence-electron chi connectivity index (χ0n) is 9.65. The number of alkyl halides is 3. The first kappa shape index (κ1) is 14.1. The average Bonchev–Trinajstić information content (AvgIpc) is 2.38. The van der Waals surface area contributed by atoms with Gasteiger partial charge < -0.3 is 4.74 Å². The van der Waals surface area contributed by atoms with Crippen LogP contribution in [0.5, 0.6) is 11.6 Å². The van der Waals surface area contributed by atoms with Gasteiger partial charge in [-0.15, -0.1) is 0 Å². The Labute approximate surface area is 116 Å². The third-order valence-electron chi connectivity index (χ3n) is 2.13. The highest BCUT2D eigenvalue weighted by molar-refractivity contribution is 6.29. The Morgan fingerprint density at radius 2 is 1.80 bits per heavy atom. The van der Waals surface area contributed by atoms with Gasteiger partial charge in [0.25, 0.3) is 0 Å². The van der Waals surface area contributed by atoms with Crippen LogP contribution in [0.1, 0.15) is 11.4 Å². The van der Waals surface area contributed by atoms with Crippen LogP contribution in [-0.4, -0.2) is 9.97 Å². The Morgan fingerprint density at radius 1 is 1.15 bits per heavy atom. The molecule has 1 aromatic heterocycles. The maximum absolute atomic E-state index is 12.5. The predicted octanol–water partition coefficient (Wildman–Crippen LogP) is 3.81. The Balaban J connectivity index is 2.29. The van der Waals surface area contributed by atoms with Gasteiger partial charge in [-0.05, 0) is 24.3 Å². The molecule has 8 heteroatoms. The molecular weight excluding hydrogens is 295 g/mol. The van der Waals surface area contributed by atoms with Gasteiger partial charge in [-0.3, -0.25) is 0 Å². The topological polar surface area (TPSA) is 58.8 Å². The summed E-state index contributed by atoms with van der Waals surface area (Å²) in [6.07, 6.45) is -4.71. The minimum absolute atomic E-state index is 0.229. The van der Waals surface area contributed by atoms with E-state index in [0.29, 0.717) is 5.56 Å². The summed E-state index contributed by atoms with van der Waals surface area (Å²) in [5, 5.41) is 8.25. The largest absolute Gasteiger partial charge is 0.451 e. The lowest BCUT2D eigenvalue weighted by atomic mass is 10.2. The van der Waals surface area contributed by atoms with Gasteiger partial charge in [0.1, 0.15) is 10.9 Å². The number of rotatable bonds is 2. The summed E-state index contributed by atoms with van der Waals surface area (Å²) in [7, 11) is 0. The Morgan fingerprint density at radius 3 is 2.35 bits per heavy atom. The summed E-state index contributed by atoms with van der Waals surface area (Å²) in [5.74, 6) is -1.48. The number of halogens is 4. The first-order valence-corrected chi connectivity index (χ1v) is 5.56. The summed E-state index contributed by atoms with van der Waals surface area (Å²) in [4.78, 5) is 6.32. The van der Waals surface area contributed by atoms with Crippen LogP contribution in [0, 0.1) is 11.3 Å². The average molecular weight is 300 g/mol. The van der Waals surface area contributed by atoms with E-state index >= 15 is 0 Å². The van der Waals surface area contributed by atoms with Gasteiger partial charge in [0.05, 0.1) is 11.6 Å². The van der Waals surface area contributed by atoms with Crippen molar-refractivity contribution in [1.82, 2.24) is 9.97 Å². The molecule has 102 valence electrons. The Kier molecular flexibility index (Phi) is 3.77. The highest BCUT2D eigenvalue weighted by Crippen LogP contribution is 2.30. The van der Waals surface area contributed by atoms with Crippen LogP contribution in [0.15, 0.2) is 30.3 Å². The molecule has 0 saturated carbocycles. The van der Waals surface area contributed by atoms with E-state index in [1.165, 1.54) is 24.3 Å². The van der Waals surface area contributed by atoms with Crippen LogP contribution < -0.4 is 4.74 Å². The van der Waals surface area contributed by atoms with Crippen molar-refractivity contribution in [3.05, 3.63) is 46.9 Å². The molecule has 20 heavy (non-hydrogen) atoms. The maximum atomic E-state index is 12.5. The molecule has 0 saturated heterocycles. The van der Waals surface area contributed by atoms with Crippen LogP contribution in [0.3, 0.4) is 0 Å². The summed E-state index contributed by atoms with van der Waals surface area (Å²) in [5.41, 5.74) is 0.397. The lowest BCUT2D eigenvalue weighted by Crippen LogP contribution is -2.11. The normalized spacial score (nSPS) is 10.9. The summed E-state index contributed by atoms with van der Waals surface area (Å²) < 4.78 is 42.7. The van der Waals surface area contributed by atoms with Gasteiger partial charge in [0.15, 0.2) is 0 Å². The smallest absolute Gasteiger partial charge is 0.439 e. The number of hydrogen-bond donors (Lipinski definition) is 0. The van der Waals surface area contributed by atoms with Crippen LogP contribution in [0.4, 0.5) is 13.2 Å². The molecule has 2 rings (SSSR count). The molecule has 0 N–H and O–H groups in total. The summed E-state index contributed by atoms with van der Waals surface area (Å²) >= 11 is 5.50. The van der Waals surface area contributed by atoms with E-state index in [-0.39, 0.29) is 16.8 Å². The van der Waals surface area contributed by atoms with Crippen LogP contribution >= 0.6 is 11.6 Å². The van der Waals surface area contributed by atoms with Crippen molar-refractivity contribution >= 4 is 11.6 Å². The van der Waals surface area contributed by atoms with Crippen molar-refractivity contribution in [3.8, 4) is 17.7 Å². The monoisotopic (exact) mass is 299 g/mol. The van der Waals surface area contributed by atoms with Crippen molar-refractivity contribution in [1.29, 1.82) is 5.26 Å².